The van der Waals surface area contributed by atoms with E-state index in [0.717, 1.165) is 6.26 Å². The molecular weight excluding hydrogens is 458 g/mol. The van der Waals surface area contributed by atoms with Gasteiger partial charge in [0.05, 0.1) is 24.5 Å². The van der Waals surface area contributed by atoms with Crippen molar-refractivity contribution in [3.63, 3.8) is 0 Å². The summed E-state index contributed by atoms with van der Waals surface area (Å²) in [6, 6.07) is 16.5. The second-order valence-corrected chi connectivity index (χ2v) is 8.96. The van der Waals surface area contributed by atoms with Gasteiger partial charge in [0.25, 0.3) is 5.91 Å². The van der Waals surface area contributed by atoms with E-state index in [-0.39, 0.29) is 22.5 Å². The first-order chi connectivity index (χ1) is 16.0. The molecule has 3 aromatic carbocycles. The predicted molar refractivity (Wildman–Crippen MR) is 129 cm³/mol. The zero-order chi connectivity index (χ0) is 25.0. The van der Waals surface area contributed by atoms with E-state index in [2.05, 4.69) is 9.50 Å². The lowest BCUT2D eigenvalue weighted by molar-refractivity contribution is 0.0744. The Bertz CT molecular complexity index is 1370. The Balaban J connectivity index is 2.21. The maximum absolute atomic E-state index is 13.4. The summed E-state index contributed by atoms with van der Waals surface area (Å²) in [4.78, 5) is 26.4. The number of nitrogens with one attached hydrogen (secondary N) is 2. The molecule has 9 nitrogen and oxygen atoms in total. The first-order valence-electron chi connectivity index (χ1n) is 9.98. The van der Waals surface area contributed by atoms with Crippen molar-refractivity contribution in [3.05, 3.63) is 82.9 Å². The molecule has 4 N–H and O–H groups in total. The fourth-order valence-electron chi connectivity index (χ4n) is 3.42. The number of hydrogen-bond acceptors (Lipinski definition) is 7. The molecule has 3 aromatic rings. The van der Waals surface area contributed by atoms with Gasteiger partial charge in [-0.25, -0.2) is 4.79 Å². The zero-order valence-corrected chi connectivity index (χ0v) is 19.5. The Labute approximate surface area is 197 Å². The Morgan fingerprint density at radius 3 is 2.15 bits per heavy atom. The number of carbonyl (C=O) groups excluding carboxylic acids is 2. The molecule has 0 bridgehead atoms. The molecule has 0 heterocycles. The molecule has 176 valence electrons. The summed E-state index contributed by atoms with van der Waals surface area (Å²) in [5.41, 5.74) is 7.15. The Hall–Kier alpha value is -4.18. The number of hydrogen-bond donors (Lipinski definition) is 3. The van der Waals surface area contributed by atoms with E-state index in [1.54, 1.807) is 67.6 Å². The van der Waals surface area contributed by atoms with E-state index in [0.29, 0.717) is 28.1 Å². The van der Waals surface area contributed by atoms with Crippen LogP contribution in [0.3, 0.4) is 0 Å². The third-order valence-electron chi connectivity index (χ3n) is 4.96. The number of nitrogen functional groups attached to an aromatic ring is 1. The van der Waals surface area contributed by atoms with Gasteiger partial charge in [0, 0.05) is 22.4 Å². The fraction of sp³-hybridized carbons (Fsp3) is 0.125. The van der Waals surface area contributed by atoms with Gasteiger partial charge in [-0.05, 0) is 42.8 Å². The largest absolute Gasteiger partial charge is 0.496 e. The smallest absolute Gasteiger partial charge is 0.355 e. The highest BCUT2D eigenvalue weighted by Crippen LogP contribution is 2.36. The third kappa shape index (κ3) is 5.41. The van der Waals surface area contributed by atoms with Gasteiger partial charge < -0.3 is 20.0 Å². The number of anilines is 1. The first-order valence-corrected chi connectivity index (χ1v) is 11.8. The van der Waals surface area contributed by atoms with Gasteiger partial charge in [0.1, 0.15) is 11.6 Å². The second kappa shape index (κ2) is 9.75. The quantitative estimate of drug-likeness (QED) is 0.266. The molecule has 0 aliphatic heterocycles. The van der Waals surface area contributed by atoms with Crippen LogP contribution in [-0.4, -0.2) is 39.5 Å². The van der Waals surface area contributed by atoms with Crippen molar-refractivity contribution in [3.8, 4) is 16.9 Å². The fourth-order valence-corrected chi connectivity index (χ4v) is 3.77. The minimum Gasteiger partial charge on any atom is -0.496 e. The highest BCUT2D eigenvalue weighted by Gasteiger charge is 2.29. The van der Waals surface area contributed by atoms with Crippen molar-refractivity contribution >= 4 is 33.5 Å². The molecule has 3 rings (SSSR count). The van der Waals surface area contributed by atoms with E-state index in [9.17, 15) is 18.0 Å². The van der Waals surface area contributed by atoms with Gasteiger partial charge in [-0.2, -0.15) is 8.42 Å². The molecule has 0 saturated carbocycles. The summed E-state index contributed by atoms with van der Waals surface area (Å²) in [6.45, 7) is 1.58. The number of methoxy groups -OCH3 is 1. The number of amides is 1. The Kier molecular flexibility index (Phi) is 7.02. The van der Waals surface area contributed by atoms with Crippen LogP contribution in [0.1, 0.15) is 31.8 Å². The van der Waals surface area contributed by atoms with E-state index < -0.39 is 22.0 Å². The Morgan fingerprint density at radius 1 is 1.00 bits per heavy atom. The SMILES string of the molecule is COc1cc(-c2ccccc2)c(C(=O)OS(C)(=O)=O)c(C(=O)Nc2ccc(C(=N)N)cc2)c1C. The minimum atomic E-state index is -4.16. The van der Waals surface area contributed by atoms with Crippen LogP contribution in [0.4, 0.5) is 5.69 Å². The molecule has 0 atom stereocenters. The van der Waals surface area contributed by atoms with Crippen molar-refractivity contribution in [2.75, 3.05) is 18.7 Å². The molecule has 0 unspecified atom stereocenters. The van der Waals surface area contributed by atoms with Crippen LogP contribution in [0.2, 0.25) is 0 Å². The zero-order valence-electron chi connectivity index (χ0n) is 18.7. The van der Waals surface area contributed by atoms with Crippen molar-refractivity contribution < 1.29 is 26.9 Å². The average Bonchev–Trinajstić information content (AvgIpc) is 2.78. The number of ether oxygens (including phenoxy) is 1. The minimum absolute atomic E-state index is 0.0949. The summed E-state index contributed by atoms with van der Waals surface area (Å²) in [6.07, 6.45) is 0.750. The summed E-state index contributed by atoms with van der Waals surface area (Å²) in [7, 11) is -2.73. The van der Waals surface area contributed by atoms with E-state index in [1.807, 2.05) is 0 Å². The monoisotopic (exact) mass is 481 g/mol. The third-order valence-corrected chi connectivity index (χ3v) is 5.41. The van der Waals surface area contributed by atoms with Gasteiger partial charge in [0.15, 0.2) is 0 Å². The van der Waals surface area contributed by atoms with Crippen LogP contribution >= 0.6 is 0 Å². The number of amidine groups is 1. The van der Waals surface area contributed by atoms with Crippen molar-refractivity contribution in [2.24, 2.45) is 5.73 Å². The van der Waals surface area contributed by atoms with Gasteiger partial charge in [-0.3, -0.25) is 10.2 Å². The van der Waals surface area contributed by atoms with Crippen LogP contribution < -0.4 is 15.8 Å². The first kappa shape index (κ1) is 24.5. The van der Waals surface area contributed by atoms with E-state index in [4.69, 9.17) is 15.9 Å². The lowest BCUT2D eigenvalue weighted by Gasteiger charge is -2.19. The summed E-state index contributed by atoms with van der Waals surface area (Å²) in [5, 5.41) is 10.2. The normalized spacial score (nSPS) is 10.9. The highest BCUT2D eigenvalue weighted by molar-refractivity contribution is 7.86. The molecule has 0 aliphatic rings. The molecule has 1 amide bonds. The molecule has 10 heteroatoms. The number of benzene rings is 3. The van der Waals surface area contributed by atoms with Gasteiger partial charge >= 0.3 is 16.1 Å². The van der Waals surface area contributed by atoms with Gasteiger partial charge in [-0.15, -0.1) is 0 Å². The topological polar surface area (TPSA) is 149 Å². The van der Waals surface area contributed by atoms with Crippen LogP contribution in [0.25, 0.3) is 11.1 Å². The predicted octanol–water partition coefficient (Wildman–Crippen LogP) is 3.32. The van der Waals surface area contributed by atoms with Crippen LogP contribution in [0, 0.1) is 12.3 Å². The maximum atomic E-state index is 13.4. The standard InChI is InChI=1S/C24H23N3O6S/c1-14-19(32-2)13-18(15-7-5-4-6-8-15)21(24(29)33-34(3,30)31)20(14)23(28)27-17-11-9-16(10-12-17)22(25)26/h4-13H,1-3H3,(H3,25,26)(H,27,28). The molecule has 0 aromatic heterocycles. The van der Waals surface area contributed by atoms with E-state index >= 15 is 0 Å². The molecular formula is C24H23N3O6S. The molecule has 0 aliphatic carbocycles. The van der Waals surface area contributed by atoms with E-state index in [1.165, 1.54) is 7.11 Å². The molecule has 34 heavy (non-hydrogen) atoms. The van der Waals surface area contributed by atoms with Crippen molar-refractivity contribution in [1.82, 2.24) is 0 Å². The number of nitrogens with two attached hydrogens (primary N) is 1. The molecule has 0 fully saturated rings. The summed E-state index contributed by atoms with van der Waals surface area (Å²) < 4.78 is 33.6. The second-order valence-electron chi connectivity index (χ2n) is 7.39. The summed E-state index contributed by atoms with van der Waals surface area (Å²) >= 11 is 0. The molecule has 0 radical (unpaired) electrons. The van der Waals surface area contributed by atoms with Gasteiger partial charge in [-0.1, -0.05) is 30.3 Å². The van der Waals surface area contributed by atoms with Crippen LogP contribution in [0.15, 0.2) is 60.7 Å². The number of carbonyl (C=O) groups is 2. The Morgan fingerprint density at radius 2 is 1.62 bits per heavy atom. The lowest BCUT2D eigenvalue weighted by atomic mass is 9.91. The van der Waals surface area contributed by atoms with Crippen LogP contribution in [-0.2, 0) is 14.3 Å². The van der Waals surface area contributed by atoms with Crippen LogP contribution in [0.5, 0.6) is 5.75 Å². The lowest BCUT2D eigenvalue weighted by Crippen LogP contribution is -2.22. The summed E-state index contributed by atoms with van der Waals surface area (Å²) in [5.74, 6) is -1.67. The van der Waals surface area contributed by atoms with Crippen molar-refractivity contribution in [1.29, 1.82) is 5.41 Å². The number of rotatable bonds is 7. The maximum Gasteiger partial charge on any atom is 0.355 e. The average molecular weight is 482 g/mol. The van der Waals surface area contributed by atoms with Gasteiger partial charge in [0.2, 0.25) is 0 Å². The molecule has 0 spiro atoms. The van der Waals surface area contributed by atoms with Crippen molar-refractivity contribution in [2.45, 2.75) is 6.92 Å². The highest BCUT2D eigenvalue weighted by atomic mass is 32.2. The molecule has 0 saturated heterocycles.